The van der Waals surface area contributed by atoms with E-state index in [1.54, 1.807) is 0 Å². The van der Waals surface area contributed by atoms with Gasteiger partial charge >= 0.3 is 5.69 Å². The first kappa shape index (κ1) is 21.2. The third-order valence-corrected chi connectivity index (χ3v) is 6.09. The average Bonchev–Trinajstić information content (AvgIpc) is 3.30. The van der Waals surface area contributed by atoms with Gasteiger partial charge in [-0.3, -0.25) is 19.2 Å². The summed E-state index contributed by atoms with van der Waals surface area (Å²) in [5.74, 6) is 0.122. The number of aromatic amines is 1. The number of benzene rings is 2. The number of likely N-dealkylation sites (tertiary alicyclic amines) is 1. The maximum atomic E-state index is 12.6. The molecule has 7 nitrogen and oxygen atoms in total. The van der Waals surface area contributed by atoms with Crippen LogP contribution in [0.3, 0.4) is 0 Å². The van der Waals surface area contributed by atoms with E-state index in [2.05, 4.69) is 15.2 Å². The molecular weight excluding hydrogens is 414 g/mol. The molecule has 31 heavy (non-hydrogen) atoms. The van der Waals surface area contributed by atoms with Crippen molar-refractivity contribution < 1.29 is 0 Å². The van der Waals surface area contributed by atoms with Crippen molar-refractivity contribution >= 4 is 23.1 Å². The van der Waals surface area contributed by atoms with Crippen LogP contribution in [0, 0.1) is 0 Å². The minimum Gasteiger partial charge on any atom is -0.383 e. The molecule has 1 fully saturated rings. The van der Waals surface area contributed by atoms with E-state index in [4.69, 9.17) is 17.3 Å². The number of nitrogens with one attached hydrogen (secondary N) is 2. The van der Waals surface area contributed by atoms with Gasteiger partial charge in [0.2, 0.25) is 0 Å². The molecule has 0 amide bonds. The number of hydrogen-bond acceptors (Lipinski definition) is 5. The molecule has 0 bridgehead atoms. The standard InChI is InChI=1S/C23H26ClN5O2/c24-18-11-5-4-10-17(18)19(28-12-6-7-13-28)14-26-20-21(25)29(23(31)27-22(20)30)15-16-8-2-1-3-9-16/h1-5,8-11,19,26H,6-7,12-15,25H2,(H,27,30,31). The lowest BCUT2D eigenvalue weighted by Gasteiger charge is -2.29. The maximum Gasteiger partial charge on any atom is 0.330 e. The first-order chi connectivity index (χ1) is 15.0. The minimum atomic E-state index is -0.529. The summed E-state index contributed by atoms with van der Waals surface area (Å²) in [6.07, 6.45) is 2.26. The molecule has 0 spiro atoms. The fourth-order valence-corrected chi connectivity index (χ4v) is 4.38. The zero-order valence-corrected chi connectivity index (χ0v) is 17.9. The maximum absolute atomic E-state index is 12.6. The van der Waals surface area contributed by atoms with Crippen molar-refractivity contribution in [3.8, 4) is 0 Å². The van der Waals surface area contributed by atoms with E-state index in [0.717, 1.165) is 37.1 Å². The zero-order chi connectivity index (χ0) is 21.8. The Labute approximate surface area is 185 Å². The van der Waals surface area contributed by atoms with Crippen molar-refractivity contribution in [2.45, 2.75) is 25.4 Å². The van der Waals surface area contributed by atoms with E-state index in [-0.39, 0.29) is 24.1 Å². The lowest BCUT2D eigenvalue weighted by molar-refractivity contribution is 0.256. The normalized spacial score (nSPS) is 15.1. The van der Waals surface area contributed by atoms with Crippen LogP contribution in [0.15, 0.2) is 64.2 Å². The summed E-state index contributed by atoms with van der Waals surface area (Å²) in [6, 6.07) is 17.3. The number of nitrogens with zero attached hydrogens (tertiary/aromatic N) is 2. The number of anilines is 2. The summed E-state index contributed by atoms with van der Waals surface area (Å²) in [5.41, 5.74) is 7.35. The Balaban J connectivity index is 1.63. The average molecular weight is 440 g/mol. The second-order valence-electron chi connectivity index (χ2n) is 7.75. The Hall–Kier alpha value is -3.03. The van der Waals surface area contributed by atoms with Gasteiger partial charge < -0.3 is 11.1 Å². The minimum absolute atomic E-state index is 0.00972. The molecule has 162 valence electrons. The van der Waals surface area contributed by atoms with Crippen molar-refractivity contribution in [1.29, 1.82) is 0 Å². The number of nitrogens with two attached hydrogens (primary N) is 1. The van der Waals surface area contributed by atoms with Crippen LogP contribution in [-0.4, -0.2) is 34.1 Å². The van der Waals surface area contributed by atoms with Crippen LogP contribution in [0.5, 0.6) is 0 Å². The Morgan fingerprint density at radius 1 is 1.03 bits per heavy atom. The first-order valence-electron chi connectivity index (χ1n) is 10.4. The highest BCUT2D eigenvalue weighted by atomic mass is 35.5. The molecule has 4 rings (SSSR count). The molecule has 1 saturated heterocycles. The van der Waals surface area contributed by atoms with E-state index < -0.39 is 11.2 Å². The second-order valence-corrected chi connectivity index (χ2v) is 8.16. The Bertz CT molecular complexity index is 1150. The Morgan fingerprint density at radius 3 is 2.42 bits per heavy atom. The predicted octanol–water partition coefficient (Wildman–Crippen LogP) is 3.07. The highest BCUT2D eigenvalue weighted by molar-refractivity contribution is 6.31. The van der Waals surface area contributed by atoms with Gasteiger partial charge in [-0.05, 0) is 43.1 Å². The van der Waals surface area contributed by atoms with Gasteiger partial charge in [0.15, 0.2) is 0 Å². The molecule has 1 aliphatic rings. The van der Waals surface area contributed by atoms with Crippen LogP contribution >= 0.6 is 11.6 Å². The smallest absolute Gasteiger partial charge is 0.330 e. The molecule has 3 aromatic rings. The van der Waals surface area contributed by atoms with Crippen molar-refractivity contribution in [2.24, 2.45) is 0 Å². The van der Waals surface area contributed by atoms with Crippen LogP contribution in [-0.2, 0) is 6.54 Å². The van der Waals surface area contributed by atoms with Gasteiger partial charge in [0.25, 0.3) is 5.56 Å². The number of nitrogen functional groups attached to an aromatic ring is 1. The summed E-state index contributed by atoms with van der Waals surface area (Å²) in [6.45, 7) is 2.66. The van der Waals surface area contributed by atoms with Crippen LogP contribution < -0.4 is 22.3 Å². The molecule has 2 aromatic carbocycles. The predicted molar refractivity (Wildman–Crippen MR) is 125 cm³/mol. The van der Waals surface area contributed by atoms with E-state index in [1.807, 2.05) is 54.6 Å². The summed E-state index contributed by atoms with van der Waals surface area (Å²) in [5, 5.41) is 3.90. The Morgan fingerprint density at radius 2 is 1.71 bits per heavy atom. The number of aromatic nitrogens is 2. The van der Waals surface area contributed by atoms with E-state index in [1.165, 1.54) is 4.57 Å². The molecule has 2 heterocycles. The Kier molecular flexibility index (Phi) is 6.44. The highest BCUT2D eigenvalue weighted by Gasteiger charge is 2.26. The fourth-order valence-electron chi connectivity index (χ4n) is 4.11. The van der Waals surface area contributed by atoms with Crippen LogP contribution in [0.4, 0.5) is 11.5 Å². The molecule has 1 unspecified atom stereocenters. The van der Waals surface area contributed by atoms with Gasteiger partial charge in [0.05, 0.1) is 12.6 Å². The first-order valence-corrected chi connectivity index (χ1v) is 10.8. The van der Waals surface area contributed by atoms with E-state index in [0.29, 0.717) is 11.6 Å². The largest absolute Gasteiger partial charge is 0.383 e. The molecule has 0 aliphatic carbocycles. The molecule has 8 heteroatoms. The summed E-state index contributed by atoms with van der Waals surface area (Å²) >= 11 is 6.49. The molecule has 1 aromatic heterocycles. The van der Waals surface area contributed by atoms with Crippen molar-refractivity contribution in [2.75, 3.05) is 30.7 Å². The fraction of sp³-hybridized carbons (Fsp3) is 0.304. The quantitative estimate of drug-likeness (QED) is 0.525. The second kappa shape index (κ2) is 9.41. The van der Waals surface area contributed by atoms with E-state index >= 15 is 0 Å². The molecule has 4 N–H and O–H groups in total. The van der Waals surface area contributed by atoms with Crippen LogP contribution in [0.25, 0.3) is 0 Å². The number of halogens is 1. The van der Waals surface area contributed by atoms with Crippen LogP contribution in [0.2, 0.25) is 5.02 Å². The van der Waals surface area contributed by atoms with Crippen molar-refractivity contribution in [3.05, 3.63) is 91.6 Å². The molecular formula is C23H26ClN5O2. The third-order valence-electron chi connectivity index (χ3n) is 5.74. The number of rotatable bonds is 7. The SMILES string of the molecule is Nc1c(NCC(c2ccccc2Cl)N2CCCC2)c(=O)[nH]c(=O)n1Cc1ccccc1. The lowest BCUT2D eigenvalue weighted by atomic mass is 10.1. The van der Waals surface area contributed by atoms with E-state index in [9.17, 15) is 9.59 Å². The van der Waals surface area contributed by atoms with Gasteiger partial charge in [-0.2, -0.15) is 0 Å². The van der Waals surface area contributed by atoms with Gasteiger partial charge in [-0.15, -0.1) is 0 Å². The monoisotopic (exact) mass is 439 g/mol. The lowest BCUT2D eigenvalue weighted by Crippen LogP contribution is -2.36. The van der Waals surface area contributed by atoms with Gasteiger partial charge in [-0.25, -0.2) is 4.79 Å². The third kappa shape index (κ3) is 4.68. The molecule has 1 atom stereocenters. The van der Waals surface area contributed by atoms with Gasteiger partial charge in [-0.1, -0.05) is 60.1 Å². The molecule has 0 radical (unpaired) electrons. The topological polar surface area (TPSA) is 96.2 Å². The van der Waals surface area contributed by atoms with Crippen molar-refractivity contribution in [1.82, 2.24) is 14.5 Å². The van der Waals surface area contributed by atoms with Crippen LogP contribution in [0.1, 0.15) is 30.0 Å². The number of hydrogen-bond donors (Lipinski definition) is 3. The zero-order valence-electron chi connectivity index (χ0n) is 17.2. The number of H-pyrrole nitrogens is 1. The summed E-state index contributed by atoms with van der Waals surface area (Å²) in [7, 11) is 0. The summed E-state index contributed by atoms with van der Waals surface area (Å²) < 4.78 is 1.37. The van der Waals surface area contributed by atoms with Crippen molar-refractivity contribution in [3.63, 3.8) is 0 Å². The molecule has 1 aliphatic heterocycles. The van der Waals surface area contributed by atoms with Gasteiger partial charge in [0, 0.05) is 11.6 Å². The van der Waals surface area contributed by atoms with Gasteiger partial charge in [0.1, 0.15) is 11.5 Å². The summed E-state index contributed by atoms with van der Waals surface area (Å²) in [4.78, 5) is 29.7. The molecule has 0 saturated carbocycles. The highest BCUT2D eigenvalue weighted by Crippen LogP contribution is 2.30.